The molecule has 0 bridgehead atoms. The van der Waals surface area contributed by atoms with E-state index >= 15 is 0 Å². The molecule has 5 heteroatoms. The molecule has 0 aliphatic carbocycles. The molecule has 1 aromatic rings. The van der Waals surface area contributed by atoms with Gasteiger partial charge < -0.3 is 25.0 Å². The molecule has 5 nitrogen and oxygen atoms in total. The van der Waals surface area contributed by atoms with E-state index in [9.17, 15) is 10.2 Å². The van der Waals surface area contributed by atoms with Crippen LogP contribution in [0.25, 0.3) is 0 Å². The van der Waals surface area contributed by atoms with E-state index < -0.39 is 11.7 Å². The predicted molar refractivity (Wildman–Crippen MR) is 82.9 cm³/mol. The van der Waals surface area contributed by atoms with E-state index in [1.54, 1.807) is 26.2 Å². The molecule has 3 N–H and O–H groups in total. The number of aliphatic hydroxyl groups excluding tert-OH is 1. The largest absolute Gasteiger partial charge is 0.497 e. The summed E-state index contributed by atoms with van der Waals surface area (Å²) in [6, 6.07) is 7.21. The van der Waals surface area contributed by atoms with Gasteiger partial charge in [-0.1, -0.05) is 13.3 Å². The van der Waals surface area contributed by atoms with Crippen molar-refractivity contribution in [2.24, 2.45) is 0 Å². The molecule has 2 atom stereocenters. The lowest BCUT2D eigenvalue weighted by atomic mass is 10.0. The second-order valence-electron chi connectivity index (χ2n) is 5.52. The first-order valence-electron chi connectivity index (χ1n) is 7.35. The highest BCUT2D eigenvalue weighted by Crippen LogP contribution is 2.17. The number of methoxy groups -OCH3 is 1. The molecule has 0 aromatic heterocycles. The van der Waals surface area contributed by atoms with Gasteiger partial charge in [0.15, 0.2) is 0 Å². The van der Waals surface area contributed by atoms with Gasteiger partial charge in [0.2, 0.25) is 0 Å². The Morgan fingerprint density at radius 3 is 2.43 bits per heavy atom. The van der Waals surface area contributed by atoms with Gasteiger partial charge in [0.25, 0.3) is 0 Å². The number of hydrogen-bond acceptors (Lipinski definition) is 5. The summed E-state index contributed by atoms with van der Waals surface area (Å²) in [5, 5.41) is 22.9. The summed E-state index contributed by atoms with van der Waals surface area (Å²) in [5.41, 5.74) is -0.731. The Labute approximate surface area is 126 Å². The fourth-order valence-electron chi connectivity index (χ4n) is 2.06. The van der Waals surface area contributed by atoms with Gasteiger partial charge in [0, 0.05) is 13.1 Å². The minimum atomic E-state index is -0.731. The van der Waals surface area contributed by atoms with Crippen molar-refractivity contribution in [2.75, 3.05) is 26.8 Å². The van der Waals surface area contributed by atoms with Crippen molar-refractivity contribution in [1.82, 2.24) is 5.32 Å². The standard InChI is InChI=1S/C16H27NO4/c1-4-9-16(2,19)12-17-10-13(18)11-21-15-7-5-14(20-3)6-8-15/h5-8,13,17-19H,4,9-12H2,1-3H3. The van der Waals surface area contributed by atoms with Gasteiger partial charge in [0.1, 0.15) is 24.2 Å². The zero-order valence-electron chi connectivity index (χ0n) is 13.1. The highest BCUT2D eigenvalue weighted by atomic mass is 16.5. The second-order valence-corrected chi connectivity index (χ2v) is 5.52. The van der Waals surface area contributed by atoms with Crippen molar-refractivity contribution in [1.29, 1.82) is 0 Å². The number of aliphatic hydroxyl groups is 2. The van der Waals surface area contributed by atoms with E-state index in [0.717, 1.165) is 18.6 Å². The van der Waals surface area contributed by atoms with Gasteiger partial charge in [0.05, 0.1) is 12.7 Å². The lowest BCUT2D eigenvalue weighted by Crippen LogP contribution is -2.41. The number of rotatable bonds is 10. The molecule has 0 spiro atoms. The summed E-state index contributed by atoms with van der Waals surface area (Å²) >= 11 is 0. The van der Waals surface area contributed by atoms with Crippen LogP contribution in [-0.4, -0.2) is 48.7 Å². The molecule has 0 radical (unpaired) electrons. The first kappa shape index (κ1) is 17.8. The van der Waals surface area contributed by atoms with Crippen molar-refractivity contribution >= 4 is 0 Å². The fraction of sp³-hybridized carbons (Fsp3) is 0.625. The van der Waals surface area contributed by atoms with Crippen LogP contribution in [0.4, 0.5) is 0 Å². The van der Waals surface area contributed by atoms with Gasteiger partial charge in [-0.3, -0.25) is 0 Å². The Balaban J connectivity index is 2.22. The summed E-state index contributed by atoms with van der Waals surface area (Å²) in [6.07, 6.45) is 1.04. The van der Waals surface area contributed by atoms with Crippen LogP contribution < -0.4 is 14.8 Å². The van der Waals surface area contributed by atoms with Crippen LogP contribution in [0.3, 0.4) is 0 Å². The SMILES string of the molecule is CCCC(C)(O)CNCC(O)COc1ccc(OC)cc1. The molecule has 0 fully saturated rings. The van der Waals surface area contributed by atoms with Crippen molar-refractivity contribution in [3.05, 3.63) is 24.3 Å². The molecular weight excluding hydrogens is 270 g/mol. The Morgan fingerprint density at radius 1 is 1.24 bits per heavy atom. The third kappa shape index (κ3) is 7.32. The third-order valence-corrected chi connectivity index (χ3v) is 3.18. The van der Waals surface area contributed by atoms with Crippen molar-refractivity contribution in [3.8, 4) is 11.5 Å². The zero-order valence-corrected chi connectivity index (χ0v) is 13.1. The highest BCUT2D eigenvalue weighted by molar-refractivity contribution is 5.31. The molecule has 0 saturated carbocycles. The van der Waals surface area contributed by atoms with Crippen LogP contribution in [0, 0.1) is 0 Å². The fourth-order valence-corrected chi connectivity index (χ4v) is 2.06. The minimum Gasteiger partial charge on any atom is -0.497 e. The molecule has 2 unspecified atom stereocenters. The molecule has 0 aliphatic heterocycles. The smallest absolute Gasteiger partial charge is 0.119 e. The van der Waals surface area contributed by atoms with Gasteiger partial charge >= 0.3 is 0 Å². The normalized spacial score (nSPS) is 15.3. The van der Waals surface area contributed by atoms with Gasteiger partial charge in [-0.05, 0) is 37.6 Å². The summed E-state index contributed by atoms with van der Waals surface area (Å²) in [5.74, 6) is 1.45. The number of hydrogen-bond donors (Lipinski definition) is 3. The van der Waals surface area contributed by atoms with Crippen LogP contribution in [0.2, 0.25) is 0 Å². The topological polar surface area (TPSA) is 71.0 Å². The third-order valence-electron chi connectivity index (χ3n) is 3.18. The van der Waals surface area contributed by atoms with E-state index in [-0.39, 0.29) is 6.61 Å². The van der Waals surface area contributed by atoms with Crippen molar-refractivity contribution < 1.29 is 19.7 Å². The minimum absolute atomic E-state index is 0.204. The molecule has 120 valence electrons. The number of nitrogens with one attached hydrogen (secondary N) is 1. The maximum absolute atomic E-state index is 10.00. The average molecular weight is 297 g/mol. The number of ether oxygens (including phenoxy) is 2. The highest BCUT2D eigenvalue weighted by Gasteiger charge is 2.18. The second kappa shape index (κ2) is 8.87. The number of benzene rings is 1. The van der Waals surface area contributed by atoms with E-state index in [1.807, 2.05) is 19.1 Å². The van der Waals surface area contributed by atoms with Crippen LogP contribution in [-0.2, 0) is 0 Å². The predicted octanol–water partition coefficient (Wildman–Crippen LogP) is 1.58. The summed E-state index contributed by atoms with van der Waals surface area (Å²) in [6.45, 7) is 4.88. The first-order valence-corrected chi connectivity index (χ1v) is 7.35. The van der Waals surface area contributed by atoms with Gasteiger partial charge in [-0.15, -0.1) is 0 Å². The van der Waals surface area contributed by atoms with Crippen LogP contribution in [0.15, 0.2) is 24.3 Å². The van der Waals surface area contributed by atoms with Gasteiger partial charge in [-0.2, -0.15) is 0 Å². The Morgan fingerprint density at radius 2 is 1.86 bits per heavy atom. The molecule has 1 rings (SSSR count). The molecule has 0 heterocycles. The van der Waals surface area contributed by atoms with E-state index in [4.69, 9.17) is 9.47 Å². The molecule has 1 aromatic carbocycles. The Hall–Kier alpha value is -1.30. The molecule has 0 saturated heterocycles. The lowest BCUT2D eigenvalue weighted by Gasteiger charge is -2.24. The van der Waals surface area contributed by atoms with E-state index in [1.165, 1.54) is 0 Å². The first-order chi connectivity index (χ1) is 9.96. The van der Waals surface area contributed by atoms with Crippen molar-refractivity contribution in [2.45, 2.75) is 38.4 Å². The van der Waals surface area contributed by atoms with Crippen LogP contribution >= 0.6 is 0 Å². The van der Waals surface area contributed by atoms with Crippen molar-refractivity contribution in [3.63, 3.8) is 0 Å². The molecule has 0 aliphatic rings. The van der Waals surface area contributed by atoms with Gasteiger partial charge in [-0.25, -0.2) is 0 Å². The zero-order chi connectivity index (χ0) is 15.7. The van der Waals surface area contributed by atoms with Crippen LogP contribution in [0.5, 0.6) is 11.5 Å². The lowest BCUT2D eigenvalue weighted by molar-refractivity contribution is 0.0427. The monoisotopic (exact) mass is 297 g/mol. The molecule has 0 amide bonds. The van der Waals surface area contributed by atoms with E-state index in [2.05, 4.69) is 5.32 Å². The maximum atomic E-state index is 10.00. The summed E-state index contributed by atoms with van der Waals surface area (Å²) in [7, 11) is 1.61. The summed E-state index contributed by atoms with van der Waals surface area (Å²) in [4.78, 5) is 0. The maximum Gasteiger partial charge on any atom is 0.119 e. The van der Waals surface area contributed by atoms with E-state index in [0.29, 0.717) is 18.8 Å². The summed E-state index contributed by atoms with van der Waals surface area (Å²) < 4.78 is 10.6. The van der Waals surface area contributed by atoms with Crippen LogP contribution in [0.1, 0.15) is 26.7 Å². The Kier molecular flexibility index (Phi) is 7.50. The molecule has 21 heavy (non-hydrogen) atoms. The quantitative estimate of drug-likeness (QED) is 0.611. The average Bonchev–Trinajstić information content (AvgIpc) is 2.45. The molecular formula is C16H27NO4. The Bertz CT molecular complexity index is 392.